The Morgan fingerprint density at radius 1 is 0.812 bits per heavy atom. The summed E-state index contributed by atoms with van der Waals surface area (Å²) in [5, 5.41) is 79.3. The fourth-order valence-electron chi connectivity index (χ4n) is 13.8. The Balaban J connectivity index is 1.20. The van der Waals surface area contributed by atoms with Crippen molar-refractivity contribution < 1.29 is 50.0 Å². The molecule has 69 heavy (non-hydrogen) atoms. The largest absolute Gasteiger partial charge is 0.508 e. The van der Waals surface area contributed by atoms with Crippen LogP contribution < -0.4 is 15.2 Å². The van der Waals surface area contributed by atoms with Gasteiger partial charge in [0.25, 0.3) is 0 Å². The molecule has 5 aromatic rings. The first-order valence-electron chi connectivity index (χ1n) is 25.2. The highest BCUT2D eigenvalue weighted by molar-refractivity contribution is 5.82. The summed E-state index contributed by atoms with van der Waals surface area (Å²) in [5.41, 5.74) is 10.4. The molecule has 0 amide bonds. The van der Waals surface area contributed by atoms with Gasteiger partial charge in [-0.2, -0.15) is 0 Å². The van der Waals surface area contributed by atoms with E-state index in [1.54, 1.807) is 48.5 Å². The normalized spacial score (nSPS) is 27.3. The van der Waals surface area contributed by atoms with Gasteiger partial charge in [0.05, 0.1) is 6.10 Å². The van der Waals surface area contributed by atoms with Gasteiger partial charge in [-0.1, -0.05) is 94.1 Å². The van der Waals surface area contributed by atoms with Gasteiger partial charge in [0.2, 0.25) is 5.75 Å². The molecular formula is C58H69NO10. The maximum absolute atomic E-state index is 15.0. The molecule has 3 fully saturated rings. The van der Waals surface area contributed by atoms with E-state index in [1.807, 2.05) is 6.07 Å². The zero-order valence-electron chi connectivity index (χ0n) is 39.8. The summed E-state index contributed by atoms with van der Waals surface area (Å²) in [6.45, 7) is 4.47. The number of nitrogens with two attached hydrogens (primary N) is 1. The number of benzene rings is 5. The number of aliphatic hydroxyl groups is 1. The Morgan fingerprint density at radius 3 is 2.36 bits per heavy atom. The number of aromatic hydroxyl groups is 6. The monoisotopic (exact) mass is 939 g/mol. The second-order valence-corrected chi connectivity index (χ2v) is 21.2. The molecule has 11 heteroatoms. The molecule has 0 heterocycles. The number of phenols is 6. The number of rotatable bonds is 16. The van der Waals surface area contributed by atoms with E-state index >= 15 is 0 Å². The molecule has 366 valence electrons. The number of fused-ring (bicyclic) bond motifs is 1. The quantitative estimate of drug-likeness (QED) is 0.0345. The molecular weight excluding hydrogens is 871 g/mol. The Labute approximate surface area is 405 Å². The lowest BCUT2D eigenvalue weighted by Crippen LogP contribution is -2.52. The van der Waals surface area contributed by atoms with E-state index in [1.165, 1.54) is 17.7 Å². The predicted octanol–water partition coefficient (Wildman–Crippen LogP) is 10.6. The molecule has 0 aliphatic heterocycles. The third-order valence-corrected chi connectivity index (χ3v) is 16.8. The number of hydrogen-bond donors (Lipinski definition) is 8. The fraction of sp³-hybridized carbons (Fsp3) is 0.466. The zero-order valence-corrected chi connectivity index (χ0v) is 39.8. The third kappa shape index (κ3) is 9.69. The first kappa shape index (κ1) is 48.1. The molecule has 0 aromatic heterocycles. The summed E-state index contributed by atoms with van der Waals surface area (Å²) >= 11 is 0. The maximum atomic E-state index is 15.0. The van der Waals surface area contributed by atoms with Gasteiger partial charge in [-0.15, -0.1) is 0 Å². The topological polar surface area (TPSA) is 203 Å². The van der Waals surface area contributed by atoms with Crippen molar-refractivity contribution in [2.75, 3.05) is 6.73 Å². The van der Waals surface area contributed by atoms with Crippen LogP contribution in [0.4, 0.5) is 0 Å². The molecule has 0 spiro atoms. The van der Waals surface area contributed by atoms with Crippen LogP contribution in [0.5, 0.6) is 46.0 Å². The third-order valence-electron chi connectivity index (χ3n) is 16.8. The van der Waals surface area contributed by atoms with Crippen molar-refractivity contribution in [2.45, 2.75) is 121 Å². The average Bonchev–Trinajstić information content (AvgIpc) is 3.60. The Bertz CT molecular complexity index is 2620. The van der Waals surface area contributed by atoms with Crippen LogP contribution in [0.15, 0.2) is 97.1 Å². The lowest BCUT2D eigenvalue weighted by atomic mass is 9.49. The van der Waals surface area contributed by atoms with Crippen molar-refractivity contribution >= 4 is 5.78 Å². The van der Waals surface area contributed by atoms with Crippen LogP contribution in [-0.2, 0) is 29.7 Å². The second-order valence-electron chi connectivity index (χ2n) is 21.2. The molecule has 0 radical (unpaired) electrons. The Hall–Kier alpha value is -5.91. The van der Waals surface area contributed by atoms with Crippen LogP contribution >= 0.6 is 0 Å². The van der Waals surface area contributed by atoms with E-state index in [4.69, 9.17) is 15.2 Å². The molecule has 3 saturated carbocycles. The lowest BCUT2D eigenvalue weighted by molar-refractivity contribution is -0.136. The summed E-state index contributed by atoms with van der Waals surface area (Å²) in [6, 6.07) is 29.0. The highest BCUT2D eigenvalue weighted by atomic mass is 16.5. The number of aryl methyl sites for hydroxylation is 1. The molecule has 10 rings (SSSR count). The lowest BCUT2D eigenvalue weighted by Gasteiger charge is -2.55. The van der Waals surface area contributed by atoms with Gasteiger partial charge in [-0.25, -0.2) is 0 Å². The van der Waals surface area contributed by atoms with Gasteiger partial charge < -0.3 is 45.2 Å². The smallest absolute Gasteiger partial charge is 0.200 e. The summed E-state index contributed by atoms with van der Waals surface area (Å²) in [6.07, 6.45) is 7.90. The second kappa shape index (κ2) is 20.2. The van der Waals surface area contributed by atoms with Crippen molar-refractivity contribution in [3.63, 3.8) is 0 Å². The number of aliphatic hydroxyl groups excluding tert-OH is 1. The molecule has 0 saturated heterocycles. The number of carbonyl (C=O) groups excluding carboxylic acids is 1. The summed E-state index contributed by atoms with van der Waals surface area (Å²) < 4.78 is 12.0. The Morgan fingerprint density at radius 2 is 1.61 bits per heavy atom. The number of phenolic OH excluding ortho intramolecular Hbond substituents is 6. The summed E-state index contributed by atoms with van der Waals surface area (Å²) in [5.74, 6) is -1.45. The molecule has 9 N–H and O–H groups in total. The average molecular weight is 940 g/mol. The van der Waals surface area contributed by atoms with E-state index in [9.17, 15) is 40.5 Å². The van der Waals surface area contributed by atoms with Crippen LogP contribution in [0, 0.1) is 41.4 Å². The molecule has 2 bridgehead atoms. The van der Waals surface area contributed by atoms with Crippen LogP contribution in [0.25, 0.3) is 0 Å². The van der Waals surface area contributed by atoms with E-state index in [0.717, 1.165) is 61.6 Å². The van der Waals surface area contributed by atoms with Crippen LogP contribution in [-0.4, -0.2) is 54.4 Å². The number of ketones is 1. The first-order chi connectivity index (χ1) is 33.2. The minimum atomic E-state index is -1.07. The summed E-state index contributed by atoms with van der Waals surface area (Å²) in [4.78, 5) is 15.0. The van der Waals surface area contributed by atoms with Gasteiger partial charge in [-0.3, -0.25) is 10.5 Å². The molecule has 10 unspecified atom stereocenters. The maximum Gasteiger partial charge on any atom is 0.200 e. The number of Topliss-reactive ketones (excluding diaryl/α,β-unsaturated/α-hetero) is 1. The minimum Gasteiger partial charge on any atom is -0.508 e. The van der Waals surface area contributed by atoms with Gasteiger partial charge >= 0.3 is 0 Å². The van der Waals surface area contributed by atoms with Crippen molar-refractivity contribution in [1.82, 2.24) is 0 Å². The van der Waals surface area contributed by atoms with E-state index in [2.05, 4.69) is 44.2 Å². The Kier molecular flexibility index (Phi) is 14.1. The van der Waals surface area contributed by atoms with E-state index in [-0.39, 0.29) is 107 Å². The fourth-order valence-corrected chi connectivity index (χ4v) is 13.8. The van der Waals surface area contributed by atoms with Gasteiger partial charge in [0.1, 0.15) is 36.4 Å². The number of ether oxygens (including phenoxy) is 2. The predicted molar refractivity (Wildman–Crippen MR) is 264 cm³/mol. The molecule has 5 aliphatic carbocycles. The first-order valence-corrected chi connectivity index (χ1v) is 25.2. The van der Waals surface area contributed by atoms with Crippen molar-refractivity contribution in [3.8, 4) is 46.0 Å². The molecule has 5 aliphatic rings. The van der Waals surface area contributed by atoms with Crippen molar-refractivity contribution in [3.05, 3.63) is 130 Å². The van der Waals surface area contributed by atoms with Gasteiger partial charge in [0.15, 0.2) is 23.0 Å². The number of carbonyl (C=O) groups is 1. The van der Waals surface area contributed by atoms with E-state index < -0.39 is 17.9 Å². The van der Waals surface area contributed by atoms with Crippen LogP contribution in [0.3, 0.4) is 0 Å². The highest BCUT2D eigenvalue weighted by Crippen LogP contribution is 2.68. The van der Waals surface area contributed by atoms with Crippen molar-refractivity contribution in [1.29, 1.82) is 0 Å². The molecule has 10 atom stereocenters. The van der Waals surface area contributed by atoms with E-state index in [0.29, 0.717) is 48.6 Å². The number of hydrogen-bond acceptors (Lipinski definition) is 11. The molecule has 11 nitrogen and oxygen atoms in total. The van der Waals surface area contributed by atoms with Crippen LogP contribution in [0.2, 0.25) is 0 Å². The highest BCUT2D eigenvalue weighted by Gasteiger charge is 2.61. The zero-order chi connectivity index (χ0) is 48.6. The summed E-state index contributed by atoms with van der Waals surface area (Å²) in [7, 11) is 0. The van der Waals surface area contributed by atoms with Gasteiger partial charge in [-0.05, 0) is 162 Å². The molecule has 5 aromatic carbocycles. The standard InChI is InChI=1S/C58H69NO10/c1-33(2)13-14-35-9-7-21-58(30-35,40-10-4-3-5-11-40)46-27-39-26-43-38(24-37-17-18-42(61)28-49(37)64)25-44(47(62)19-15-34-16-20-48(63)51(23-34)69-32-59)55(66)54(43)53(46)45-29-50(65)56(67)57(52(39)45)68-31-36-8-6-12-41(60)22-36/h3-6,8,10-12,16-18,20,22-23,28-29,33,35,38-39,43-44,46,53-55,60-61,63-67H,7,9,13-15,19,21,24-27,30-32,59H2,1-2H3. The SMILES string of the molecule is CC(C)CCC1CCCC(c2ccccc2)(C2CC3CC4C(Cc5ccc(O)cc5O)CC(C(=O)CCc5ccc(O)c(OCN)c5)C(O)C4C2c2cc(O)c(O)c(OCc4cccc(O)c4)c23)C1. The van der Waals surface area contributed by atoms with Crippen LogP contribution in [0.1, 0.15) is 123 Å². The minimum absolute atomic E-state index is 0.0266. The van der Waals surface area contributed by atoms with Gasteiger partial charge in [0, 0.05) is 24.0 Å². The van der Waals surface area contributed by atoms with Crippen molar-refractivity contribution in [2.24, 2.45) is 47.2 Å².